The van der Waals surface area contributed by atoms with Gasteiger partial charge in [0, 0.05) is 24.2 Å². The Hall–Kier alpha value is -2.98. The summed E-state index contributed by atoms with van der Waals surface area (Å²) >= 11 is 6.33. The van der Waals surface area contributed by atoms with Crippen LogP contribution in [0.3, 0.4) is 0 Å². The first-order valence-electron chi connectivity index (χ1n) is 9.21. The molecule has 0 atom stereocenters. The summed E-state index contributed by atoms with van der Waals surface area (Å²) in [5, 5.41) is 12.0. The maximum Gasteiger partial charge on any atom is 0.387 e. The minimum absolute atomic E-state index is 0.0336. The van der Waals surface area contributed by atoms with Gasteiger partial charge in [-0.1, -0.05) is 42.2 Å². The molecular formula is C21H18F2N2O4S2. The van der Waals surface area contributed by atoms with E-state index in [-0.39, 0.29) is 36.3 Å². The van der Waals surface area contributed by atoms with Gasteiger partial charge in [0.15, 0.2) is 0 Å². The van der Waals surface area contributed by atoms with E-state index in [1.807, 2.05) is 0 Å². The zero-order chi connectivity index (χ0) is 22.4. The van der Waals surface area contributed by atoms with Crippen LogP contribution in [-0.4, -0.2) is 39.3 Å². The van der Waals surface area contributed by atoms with Gasteiger partial charge in [0.05, 0.1) is 4.91 Å². The highest BCUT2D eigenvalue weighted by molar-refractivity contribution is 8.26. The average Bonchev–Trinajstić information content (AvgIpc) is 2.98. The second-order valence-corrected chi connectivity index (χ2v) is 8.12. The molecule has 1 aliphatic heterocycles. The predicted octanol–water partition coefficient (Wildman–Crippen LogP) is 4.61. The first kappa shape index (κ1) is 22.7. The van der Waals surface area contributed by atoms with Crippen molar-refractivity contribution in [3.05, 3.63) is 59.0 Å². The number of amides is 2. The Morgan fingerprint density at radius 1 is 1.23 bits per heavy atom. The van der Waals surface area contributed by atoms with Gasteiger partial charge in [0.1, 0.15) is 15.8 Å². The Balaban J connectivity index is 1.57. The van der Waals surface area contributed by atoms with Crippen molar-refractivity contribution in [1.82, 2.24) is 4.90 Å². The van der Waals surface area contributed by atoms with Crippen LogP contribution in [0.1, 0.15) is 18.4 Å². The molecule has 0 saturated carbocycles. The van der Waals surface area contributed by atoms with Gasteiger partial charge in [0.25, 0.3) is 5.91 Å². The van der Waals surface area contributed by atoms with Gasteiger partial charge in [-0.3, -0.25) is 14.5 Å². The number of hydrogen-bond donors (Lipinski definition) is 2. The third kappa shape index (κ3) is 6.25. The number of phenols is 1. The van der Waals surface area contributed by atoms with Crippen LogP contribution in [-0.2, 0) is 9.59 Å². The lowest BCUT2D eigenvalue weighted by Gasteiger charge is -2.14. The number of nitrogens with one attached hydrogen (secondary N) is 1. The van der Waals surface area contributed by atoms with Crippen LogP contribution < -0.4 is 10.1 Å². The molecule has 31 heavy (non-hydrogen) atoms. The number of phenolic OH excluding ortho intramolecular Hbond substituents is 1. The lowest BCUT2D eigenvalue weighted by molar-refractivity contribution is -0.122. The van der Waals surface area contributed by atoms with E-state index in [2.05, 4.69) is 10.1 Å². The number of thioether (sulfide) groups is 1. The van der Waals surface area contributed by atoms with Crippen LogP contribution in [0.2, 0.25) is 0 Å². The Morgan fingerprint density at radius 3 is 2.65 bits per heavy atom. The van der Waals surface area contributed by atoms with E-state index in [4.69, 9.17) is 12.2 Å². The van der Waals surface area contributed by atoms with E-state index in [1.54, 1.807) is 30.3 Å². The number of alkyl halides is 2. The second kappa shape index (κ2) is 10.4. The van der Waals surface area contributed by atoms with E-state index < -0.39 is 6.61 Å². The summed E-state index contributed by atoms with van der Waals surface area (Å²) in [6.45, 7) is -2.73. The molecule has 2 aromatic rings. The molecule has 10 heteroatoms. The SMILES string of the molecule is O=C(CCCN1C(=O)/C(=C/c2ccccc2OC(F)F)SC1=S)Nc1ccc(O)cc1. The molecule has 0 aliphatic carbocycles. The molecule has 0 bridgehead atoms. The van der Waals surface area contributed by atoms with Crippen molar-refractivity contribution in [3.63, 3.8) is 0 Å². The largest absolute Gasteiger partial charge is 0.508 e. The Bertz CT molecular complexity index is 1010. The number of hydrogen-bond acceptors (Lipinski definition) is 6. The number of aromatic hydroxyl groups is 1. The fourth-order valence-corrected chi connectivity index (χ4v) is 4.10. The highest BCUT2D eigenvalue weighted by Crippen LogP contribution is 2.34. The van der Waals surface area contributed by atoms with Crippen LogP contribution in [0.5, 0.6) is 11.5 Å². The van der Waals surface area contributed by atoms with E-state index in [0.717, 1.165) is 11.8 Å². The zero-order valence-corrected chi connectivity index (χ0v) is 17.7. The van der Waals surface area contributed by atoms with Gasteiger partial charge in [-0.05, 0) is 42.8 Å². The molecule has 1 fully saturated rings. The summed E-state index contributed by atoms with van der Waals surface area (Å²) in [4.78, 5) is 26.4. The van der Waals surface area contributed by atoms with Crippen molar-refractivity contribution < 1.29 is 28.2 Å². The normalized spacial score (nSPS) is 15.1. The van der Waals surface area contributed by atoms with Gasteiger partial charge in [0.2, 0.25) is 5.91 Å². The molecule has 2 N–H and O–H groups in total. The van der Waals surface area contributed by atoms with E-state index in [9.17, 15) is 23.5 Å². The van der Waals surface area contributed by atoms with Crippen molar-refractivity contribution in [2.24, 2.45) is 0 Å². The van der Waals surface area contributed by atoms with Crippen molar-refractivity contribution in [3.8, 4) is 11.5 Å². The number of carbonyl (C=O) groups is 2. The molecule has 0 unspecified atom stereocenters. The molecule has 1 saturated heterocycles. The maximum absolute atomic E-state index is 12.7. The molecule has 1 aliphatic rings. The molecule has 0 radical (unpaired) electrons. The number of para-hydroxylation sites is 1. The van der Waals surface area contributed by atoms with Crippen LogP contribution >= 0.6 is 24.0 Å². The first-order chi connectivity index (χ1) is 14.8. The smallest absolute Gasteiger partial charge is 0.387 e. The van der Waals surface area contributed by atoms with Gasteiger partial charge >= 0.3 is 6.61 Å². The van der Waals surface area contributed by atoms with Crippen LogP contribution in [0.25, 0.3) is 6.08 Å². The molecular weight excluding hydrogens is 446 g/mol. The lowest BCUT2D eigenvalue weighted by atomic mass is 10.2. The fraction of sp³-hybridized carbons (Fsp3) is 0.190. The molecule has 0 spiro atoms. The summed E-state index contributed by atoms with van der Waals surface area (Å²) in [6.07, 6.45) is 2.02. The number of halogens is 2. The Labute approximate surface area is 186 Å². The first-order valence-corrected chi connectivity index (χ1v) is 10.4. The number of carbonyl (C=O) groups excluding carboxylic acids is 2. The number of nitrogens with zero attached hydrogens (tertiary/aromatic N) is 1. The lowest BCUT2D eigenvalue weighted by Crippen LogP contribution is -2.29. The molecule has 1 heterocycles. The fourth-order valence-electron chi connectivity index (χ4n) is 2.80. The molecule has 3 rings (SSSR count). The van der Waals surface area contributed by atoms with Crippen LogP contribution in [0.4, 0.5) is 14.5 Å². The topological polar surface area (TPSA) is 78.9 Å². The number of thiocarbonyl (C=S) groups is 1. The quantitative estimate of drug-likeness (QED) is 0.337. The summed E-state index contributed by atoms with van der Waals surface area (Å²) < 4.78 is 30.0. The highest BCUT2D eigenvalue weighted by atomic mass is 32.2. The van der Waals surface area contributed by atoms with E-state index >= 15 is 0 Å². The van der Waals surface area contributed by atoms with Gasteiger partial charge in [-0.25, -0.2) is 0 Å². The van der Waals surface area contributed by atoms with E-state index in [0.29, 0.717) is 26.9 Å². The third-order valence-corrected chi connectivity index (χ3v) is 5.61. The summed E-state index contributed by atoms with van der Waals surface area (Å²) in [7, 11) is 0. The van der Waals surface area contributed by atoms with Crippen LogP contribution in [0, 0.1) is 0 Å². The number of rotatable bonds is 8. The molecule has 2 amide bonds. The highest BCUT2D eigenvalue weighted by Gasteiger charge is 2.32. The monoisotopic (exact) mass is 464 g/mol. The zero-order valence-electron chi connectivity index (χ0n) is 16.1. The molecule has 162 valence electrons. The summed E-state index contributed by atoms with van der Waals surface area (Å²) in [5.74, 6) is -0.511. The summed E-state index contributed by atoms with van der Waals surface area (Å²) in [6, 6.07) is 12.3. The minimum Gasteiger partial charge on any atom is -0.508 e. The number of anilines is 1. The average molecular weight is 465 g/mol. The molecule has 0 aromatic heterocycles. The Morgan fingerprint density at radius 2 is 1.94 bits per heavy atom. The minimum atomic E-state index is -2.98. The van der Waals surface area contributed by atoms with Gasteiger partial charge in [-0.15, -0.1) is 0 Å². The van der Waals surface area contributed by atoms with Crippen molar-refractivity contribution >= 4 is 51.9 Å². The van der Waals surface area contributed by atoms with Gasteiger partial charge in [-0.2, -0.15) is 8.78 Å². The third-order valence-electron chi connectivity index (χ3n) is 4.23. The van der Waals surface area contributed by atoms with Crippen LogP contribution in [0.15, 0.2) is 53.4 Å². The van der Waals surface area contributed by atoms with E-state index in [1.165, 1.54) is 29.2 Å². The molecule has 2 aromatic carbocycles. The Kier molecular flexibility index (Phi) is 7.59. The number of benzene rings is 2. The number of ether oxygens (including phenoxy) is 1. The second-order valence-electron chi connectivity index (χ2n) is 6.45. The predicted molar refractivity (Wildman–Crippen MR) is 119 cm³/mol. The van der Waals surface area contributed by atoms with Crippen molar-refractivity contribution in [2.75, 3.05) is 11.9 Å². The van der Waals surface area contributed by atoms with Gasteiger partial charge < -0.3 is 15.2 Å². The van der Waals surface area contributed by atoms with Crippen molar-refractivity contribution in [1.29, 1.82) is 0 Å². The maximum atomic E-state index is 12.7. The molecule has 6 nitrogen and oxygen atoms in total. The van der Waals surface area contributed by atoms with Crippen molar-refractivity contribution in [2.45, 2.75) is 19.5 Å². The summed E-state index contributed by atoms with van der Waals surface area (Å²) in [5.41, 5.74) is 0.901. The standard InChI is InChI=1S/C21H18F2N2O4S2/c22-20(23)29-16-5-2-1-4-13(16)12-17-19(28)25(21(30)31-17)11-3-6-18(27)24-14-7-9-15(26)10-8-14/h1-2,4-5,7-10,12,20,26H,3,6,11H2,(H,24,27)/b17-12-.